The quantitative estimate of drug-likeness (QED) is 0.684. The van der Waals surface area contributed by atoms with Gasteiger partial charge in [0.25, 0.3) is 0 Å². The van der Waals surface area contributed by atoms with Crippen molar-refractivity contribution >= 4 is 21.7 Å². The molecular weight excluding hydrogens is 280 g/mol. The summed E-state index contributed by atoms with van der Waals surface area (Å²) in [5.41, 5.74) is 5.06. The number of halogens is 3. The molecule has 0 saturated carbocycles. The molecule has 2 nitrogen and oxygen atoms in total. The molecule has 0 bridgehead atoms. The van der Waals surface area contributed by atoms with E-state index < -0.39 is 23.0 Å². The molecule has 0 saturated heterocycles. The van der Waals surface area contributed by atoms with E-state index in [1.165, 1.54) is 6.07 Å². The Morgan fingerprint density at radius 3 is 2.69 bits per heavy atom. The Morgan fingerprint density at radius 1 is 1.50 bits per heavy atom. The largest absolute Gasteiger partial charge is 0.327 e. The maximum atomic E-state index is 13.5. The number of carbonyl (C=O) groups excluding carboxylic acids is 1. The molecule has 1 unspecified atom stereocenters. The number of ketones is 1. The van der Waals surface area contributed by atoms with E-state index in [9.17, 15) is 13.6 Å². The zero-order chi connectivity index (χ0) is 12.3. The summed E-state index contributed by atoms with van der Waals surface area (Å²) in [5.74, 6) is -2.33. The molecule has 0 radical (unpaired) electrons. The highest BCUT2D eigenvalue weighted by molar-refractivity contribution is 9.10. The second-order valence-electron chi connectivity index (χ2n) is 3.51. The zero-order valence-electron chi connectivity index (χ0n) is 8.77. The average molecular weight is 292 g/mol. The van der Waals surface area contributed by atoms with Crippen LogP contribution in [0.3, 0.4) is 0 Å². The Balaban J connectivity index is 3.03. The van der Waals surface area contributed by atoms with E-state index >= 15 is 0 Å². The topological polar surface area (TPSA) is 43.1 Å². The van der Waals surface area contributed by atoms with Gasteiger partial charge in [-0.15, -0.1) is 0 Å². The van der Waals surface area contributed by atoms with E-state index in [1.807, 2.05) is 6.92 Å². The van der Waals surface area contributed by atoms with Crippen molar-refractivity contribution in [3.63, 3.8) is 0 Å². The third kappa shape index (κ3) is 2.86. The van der Waals surface area contributed by atoms with Crippen LogP contribution >= 0.6 is 15.9 Å². The molecule has 0 aliphatic carbocycles. The van der Waals surface area contributed by atoms with Gasteiger partial charge in [-0.05, 0) is 34.5 Å². The summed E-state index contributed by atoms with van der Waals surface area (Å²) in [6.45, 7) is 1.81. The van der Waals surface area contributed by atoms with Gasteiger partial charge in [0.05, 0.1) is 10.0 Å². The van der Waals surface area contributed by atoms with Crippen molar-refractivity contribution in [2.75, 3.05) is 0 Å². The average Bonchev–Trinajstić information content (AvgIpc) is 2.24. The summed E-state index contributed by atoms with van der Waals surface area (Å²) in [6, 6.07) is 1.91. The first-order valence-electron chi connectivity index (χ1n) is 4.89. The lowest BCUT2D eigenvalue weighted by Crippen LogP contribution is -2.23. The Morgan fingerprint density at radius 2 is 2.12 bits per heavy atom. The van der Waals surface area contributed by atoms with Crippen LogP contribution in [0.5, 0.6) is 0 Å². The number of rotatable bonds is 4. The van der Waals surface area contributed by atoms with Gasteiger partial charge in [-0.1, -0.05) is 6.92 Å². The number of nitrogens with two attached hydrogens (primary N) is 1. The van der Waals surface area contributed by atoms with E-state index in [-0.39, 0.29) is 16.9 Å². The van der Waals surface area contributed by atoms with Crippen molar-refractivity contribution in [3.8, 4) is 0 Å². The molecule has 1 aromatic rings. The van der Waals surface area contributed by atoms with E-state index in [1.54, 1.807) is 0 Å². The van der Waals surface area contributed by atoms with Gasteiger partial charge in [-0.3, -0.25) is 4.79 Å². The van der Waals surface area contributed by atoms with Crippen LogP contribution in [0.15, 0.2) is 16.6 Å². The van der Waals surface area contributed by atoms with Crippen molar-refractivity contribution in [2.45, 2.75) is 25.8 Å². The van der Waals surface area contributed by atoms with Crippen LogP contribution in [0.1, 0.15) is 30.1 Å². The highest BCUT2D eigenvalue weighted by Gasteiger charge is 2.20. The highest BCUT2D eigenvalue weighted by atomic mass is 79.9. The SMILES string of the molecule is CCC(N)CC(=O)c1c(F)ccc(Br)c1F. The molecule has 1 rings (SSSR count). The minimum atomic E-state index is -0.867. The lowest BCUT2D eigenvalue weighted by atomic mass is 10.0. The van der Waals surface area contributed by atoms with Crippen LogP contribution in [0, 0.1) is 11.6 Å². The summed E-state index contributed by atoms with van der Waals surface area (Å²) in [4.78, 5) is 11.6. The van der Waals surface area contributed by atoms with Crippen molar-refractivity contribution in [2.24, 2.45) is 5.73 Å². The molecule has 0 aliphatic heterocycles. The number of Topliss-reactive ketones (excluding diaryl/α,β-unsaturated/α-hetero) is 1. The van der Waals surface area contributed by atoms with Gasteiger partial charge >= 0.3 is 0 Å². The summed E-state index contributed by atoms with van der Waals surface area (Å²) in [5, 5.41) is 0. The van der Waals surface area contributed by atoms with Gasteiger partial charge in [-0.2, -0.15) is 0 Å². The fourth-order valence-corrected chi connectivity index (χ4v) is 1.60. The van der Waals surface area contributed by atoms with Gasteiger partial charge in [0, 0.05) is 12.5 Å². The van der Waals surface area contributed by atoms with E-state index in [4.69, 9.17) is 5.73 Å². The van der Waals surface area contributed by atoms with Crippen LogP contribution in [-0.4, -0.2) is 11.8 Å². The van der Waals surface area contributed by atoms with E-state index in [2.05, 4.69) is 15.9 Å². The second-order valence-corrected chi connectivity index (χ2v) is 4.37. The lowest BCUT2D eigenvalue weighted by molar-refractivity contribution is 0.0965. The fourth-order valence-electron chi connectivity index (χ4n) is 1.27. The Hall–Kier alpha value is -0.810. The first-order chi connectivity index (χ1) is 7.47. The van der Waals surface area contributed by atoms with Crippen molar-refractivity contribution < 1.29 is 13.6 Å². The Kier molecular flexibility index (Phi) is 4.56. The Bertz CT molecular complexity index is 409. The first kappa shape index (κ1) is 13.3. The molecule has 0 aromatic heterocycles. The van der Waals surface area contributed by atoms with Crippen LogP contribution < -0.4 is 5.73 Å². The maximum Gasteiger partial charge on any atom is 0.170 e. The summed E-state index contributed by atoms with van der Waals surface area (Å²) >= 11 is 2.91. The van der Waals surface area contributed by atoms with Gasteiger partial charge in [0.1, 0.15) is 5.82 Å². The van der Waals surface area contributed by atoms with E-state index in [0.717, 1.165) is 6.07 Å². The molecule has 0 amide bonds. The zero-order valence-corrected chi connectivity index (χ0v) is 10.4. The van der Waals surface area contributed by atoms with Crippen LogP contribution in [0.25, 0.3) is 0 Å². The first-order valence-corrected chi connectivity index (χ1v) is 5.69. The molecule has 1 atom stereocenters. The van der Waals surface area contributed by atoms with E-state index in [0.29, 0.717) is 6.42 Å². The predicted molar refractivity (Wildman–Crippen MR) is 61.3 cm³/mol. The number of carbonyl (C=O) groups is 1. The molecule has 5 heteroatoms. The van der Waals surface area contributed by atoms with Crippen LogP contribution in [-0.2, 0) is 0 Å². The van der Waals surface area contributed by atoms with Crippen molar-refractivity contribution in [1.82, 2.24) is 0 Å². The summed E-state index contributed by atoms with van der Waals surface area (Å²) in [6.07, 6.45) is 0.532. The normalized spacial score (nSPS) is 12.6. The maximum absolute atomic E-state index is 13.5. The monoisotopic (exact) mass is 291 g/mol. The number of benzene rings is 1. The standard InChI is InChI=1S/C11H12BrF2NO/c1-2-6(15)5-9(16)10-8(13)4-3-7(12)11(10)14/h3-4,6H,2,5,15H2,1H3. The third-order valence-electron chi connectivity index (χ3n) is 2.29. The molecule has 0 aliphatic rings. The molecule has 88 valence electrons. The second kappa shape index (κ2) is 5.50. The molecule has 2 N–H and O–H groups in total. The molecule has 16 heavy (non-hydrogen) atoms. The van der Waals surface area contributed by atoms with Gasteiger partial charge in [0.2, 0.25) is 0 Å². The molecule has 0 spiro atoms. The minimum absolute atomic E-state index is 0.0548. The minimum Gasteiger partial charge on any atom is -0.327 e. The number of hydrogen-bond donors (Lipinski definition) is 1. The molecular formula is C11H12BrF2NO. The van der Waals surface area contributed by atoms with Gasteiger partial charge in [0.15, 0.2) is 11.6 Å². The van der Waals surface area contributed by atoms with Crippen molar-refractivity contribution in [3.05, 3.63) is 33.8 Å². The predicted octanol–water partition coefficient (Wildman–Crippen LogP) is 3.04. The van der Waals surface area contributed by atoms with Crippen LogP contribution in [0.4, 0.5) is 8.78 Å². The van der Waals surface area contributed by atoms with Crippen molar-refractivity contribution in [1.29, 1.82) is 0 Å². The molecule has 0 heterocycles. The van der Waals surface area contributed by atoms with Gasteiger partial charge in [-0.25, -0.2) is 8.78 Å². The third-order valence-corrected chi connectivity index (χ3v) is 2.91. The number of hydrogen-bond acceptors (Lipinski definition) is 2. The van der Waals surface area contributed by atoms with Gasteiger partial charge < -0.3 is 5.73 Å². The molecule has 0 fully saturated rings. The smallest absolute Gasteiger partial charge is 0.170 e. The summed E-state index contributed by atoms with van der Waals surface area (Å²) in [7, 11) is 0. The fraction of sp³-hybridized carbons (Fsp3) is 0.364. The summed E-state index contributed by atoms with van der Waals surface area (Å²) < 4.78 is 26.9. The lowest BCUT2D eigenvalue weighted by Gasteiger charge is -2.09. The van der Waals surface area contributed by atoms with Crippen LogP contribution in [0.2, 0.25) is 0 Å². The highest BCUT2D eigenvalue weighted by Crippen LogP contribution is 2.23. The Labute approximate surface area is 101 Å². The molecule has 1 aromatic carbocycles.